The molecule has 0 aliphatic rings. The number of nitrogens with two attached hydrogens (primary N) is 1. The van der Waals surface area contributed by atoms with E-state index in [9.17, 15) is 4.79 Å². The smallest absolute Gasteiger partial charge is 0.411 e. The SMILES string of the molecule is CCCCCCOC(=O)N(CC(CC)CCCC)C(C)N. The molecule has 0 aromatic rings. The minimum atomic E-state index is -0.288. The number of hydrogen-bond acceptors (Lipinski definition) is 3. The normalized spacial score (nSPS) is 13.8. The summed E-state index contributed by atoms with van der Waals surface area (Å²) in [5.74, 6) is 0.517. The summed E-state index contributed by atoms with van der Waals surface area (Å²) < 4.78 is 5.37. The van der Waals surface area contributed by atoms with Gasteiger partial charge in [-0.15, -0.1) is 0 Å². The van der Waals surface area contributed by atoms with Gasteiger partial charge < -0.3 is 10.5 Å². The van der Waals surface area contributed by atoms with Crippen LogP contribution < -0.4 is 5.73 Å². The van der Waals surface area contributed by atoms with Crippen molar-refractivity contribution in [1.29, 1.82) is 0 Å². The third-order valence-electron chi connectivity index (χ3n) is 3.95. The van der Waals surface area contributed by atoms with Crippen molar-refractivity contribution in [2.75, 3.05) is 13.2 Å². The predicted octanol–water partition coefficient (Wildman–Crippen LogP) is 4.53. The molecule has 2 N–H and O–H groups in total. The van der Waals surface area contributed by atoms with Crippen molar-refractivity contribution >= 4 is 6.09 Å². The topological polar surface area (TPSA) is 55.6 Å². The molecule has 0 spiro atoms. The minimum absolute atomic E-state index is 0.253. The molecule has 0 radical (unpaired) electrons. The highest BCUT2D eigenvalue weighted by atomic mass is 16.6. The molecule has 0 fully saturated rings. The van der Waals surface area contributed by atoms with Crippen LogP contribution in [0.2, 0.25) is 0 Å². The van der Waals surface area contributed by atoms with Crippen LogP contribution in [0.3, 0.4) is 0 Å². The number of nitrogens with zero attached hydrogens (tertiary/aromatic N) is 1. The summed E-state index contributed by atoms with van der Waals surface area (Å²) in [6, 6.07) is 0. The summed E-state index contributed by atoms with van der Waals surface area (Å²) in [7, 11) is 0. The van der Waals surface area contributed by atoms with Gasteiger partial charge in [-0.1, -0.05) is 59.3 Å². The first kappa shape index (κ1) is 20.2. The lowest BCUT2D eigenvalue weighted by Gasteiger charge is -2.29. The van der Waals surface area contributed by atoms with Gasteiger partial charge in [0.1, 0.15) is 0 Å². The van der Waals surface area contributed by atoms with E-state index >= 15 is 0 Å². The van der Waals surface area contributed by atoms with Gasteiger partial charge in [-0.3, -0.25) is 4.90 Å². The maximum absolute atomic E-state index is 12.2. The highest BCUT2D eigenvalue weighted by Crippen LogP contribution is 2.16. The predicted molar refractivity (Wildman–Crippen MR) is 89.2 cm³/mol. The first-order chi connectivity index (χ1) is 10.1. The average molecular weight is 300 g/mol. The monoisotopic (exact) mass is 300 g/mol. The molecule has 0 saturated heterocycles. The Bertz CT molecular complexity index is 257. The maximum atomic E-state index is 12.2. The molecule has 0 aromatic carbocycles. The Kier molecular flexibility index (Phi) is 12.5. The molecule has 0 aromatic heterocycles. The molecule has 2 unspecified atom stereocenters. The molecular weight excluding hydrogens is 264 g/mol. The Hall–Kier alpha value is -0.770. The van der Waals surface area contributed by atoms with E-state index < -0.39 is 0 Å². The van der Waals surface area contributed by atoms with Gasteiger partial charge in [-0.25, -0.2) is 4.79 Å². The fourth-order valence-corrected chi connectivity index (χ4v) is 2.37. The van der Waals surface area contributed by atoms with Crippen molar-refractivity contribution in [1.82, 2.24) is 4.90 Å². The summed E-state index contributed by atoms with van der Waals surface area (Å²) in [4.78, 5) is 13.9. The van der Waals surface area contributed by atoms with Gasteiger partial charge in [0.05, 0.1) is 12.8 Å². The largest absolute Gasteiger partial charge is 0.449 e. The second-order valence-corrected chi connectivity index (χ2v) is 5.98. The second-order valence-electron chi connectivity index (χ2n) is 5.98. The summed E-state index contributed by atoms with van der Waals surface area (Å²) >= 11 is 0. The van der Waals surface area contributed by atoms with Crippen molar-refractivity contribution in [3.05, 3.63) is 0 Å². The molecule has 21 heavy (non-hydrogen) atoms. The standard InChI is InChI=1S/C17H36N2O2/c1-5-8-10-11-13-21-17(20)19(15(4)18)14-16(7-3)12-9-6-2/h15-16H,5-14,18H2,1-4H3. The Morgan fingerprint density at radius 1 is 1.10 bits per heavy atom. The summed E-state index contributed by atoms with van der Waals surface area (Å²) in [5, 5.41) is 0. The highest BCUT2D eigenvalue weighted by molar-refractivity contribution is 5.67. The summed E-state index contributed by atoms with van der Waals surface area (Å²) in [5.41, 5.74) is 5.95. The van der Waals surface area contributed by atoms with E-state index in [-0.39, 0.29) is 12.3 Å². The van der Waals surface area contributed by atoms with Crippen LogP contribution >= 0.6 is 0 Å². The van der Waals surface area contributed by atoms with Crippen molar-refractivity contribution in [3.63, 3.8) is 0 Å². The van der Waals surface area contributed by atoms with Gasteiger partial charge >= 0.3 is 6.09 Å². The molecule has 126 valence electrons. The third kappa shape index (κ3) is 9.72. The lowest BCUT2D eigenvalue weighted by molar-refractivity contribution is 0.0797. The van der Waals surface area contributed by atoms with Crippen LogP contribution in [0.1, 0.15) is 79.1 Å². The van der Waals surface area contributed by atoms with Crippen LogP contribution in [-0.2, 0) is 4.74 Å². The number of amides is 1. The molecular formula is C17H36N2O2. The van der Waals surface area contributed by atoms with Gasteiger partial charge in [-0.2, -0.15) is 0 Å². The number of unbranched alkanes of at least 4 members (excludes halogenated alkanes) is 4. The van der Waals surface area contributed by atoms with Crippen LogP contribution in [-0.4, -0.2) is 30.3 Å². The van der Waals surface area contributed by atoms with E-state index in [0.717, 1.165) is 25.7 Å². The first-order valence-corrected chi connectivity index (χ1v) is 8.75. The Morgan fingerprint density at radius 3 is 2.29 bits per heavy atom. The van der Waals surface area contributed by atoms with E-state index in [1.54, 1.807) is 4.90 Å². The van der Waals surface area contributed by atoms with Crippen LogP contribution in [0, 0.1) is 5.92 Å². The van der Waals surface area contributed by atoms with Gasteiger partial charge in [0.25, 0.3) is 0 Å². The molecule has 4 heteroatoms. The van der Waals surface area contributed by atoms with Crippen molar-refractivity contribution in [2.45, 2.75) is 85.2 Å². The van der Waals surface area contributed by atoms with E-state index in [4.69, 9.17) is 10.5 Å². The summed E-state index contributed by atoms with van der Waals surface area (Å²) in [6.45, 7) is 9.61. The molecule has 0 aliphatic carbocycles. The van der Waals surface area contributed by atoms with Crippen molar-refractivity contribution in [2.24, 2.45) is 11.7 Å². The number of carbonyl (C=O) groups excluding carboxylic acids is 1. The molecule has 4 nitrogen and oxygen atoms in total. The second kappa shape index (κ2) is 12.9. The highest BCUT2D eigenvalue weighted by Gasteiger charge is 2.22. The zero-order valence-electron chi connectivity index (χ0n) is 14.6. The van der Waals surface area contributed by atoms with Crippen LogP contribution in [0.4, 0.5) is 4.79 Å². The first-order valence-electron chi connectivity index (χ1n) is 8.75. The number of ether oxygens (including phenoxy) is 1. The molecule has 0 saturated carbocycles. The van der Waals surface area contributed by atoms with Crippen molar-refractivity contribution < 1.29 is 9.53 Å². The van der Waals surface area contributed by atoms with E-state index in [0.29, 0.717) is 19.1 Å². The number of hydrogen-bond donors (Lipinski definition) is 1. The zero-order valence-corrected chi connectivity index (χ0v) is 14.6. The Morgan fingerprint density at radius 2 is 1.76 bits per heavy atom. The molecule has 2 atom stereocenters. The molecule has 0 rings (SSSR count). The van der Waals surface area contributed by atoms with Crippen LogP contribution in [0.15, 0.2) is 0 Å². The minimum Gasteiger partial charge on any atom is -0.449 e. The Balaban J connectivity index is 4.22. The van der Waals surface area contributed by atoms with Crippen molar-refractivity contribution in [3.8, 4) is 0 Å². The van der Waals surface area contributed by atoms with Gasteiger partial charge in [-0.05, 0) is 25.7 Å². The van der Waals surface area contributed by atoms with Gasteiger partial charge in [0.15, 0.2) is 0 Å². The van der Waals surface area contributed by atoms with E-state index in [1.165, 1.54) is 25.7 Å². The average Bonchev–Trinajstić information content (AvgIpc) is 2.46. The van der Waals surface area contributed by atoms with Crippen LogP contribution in [0.5, 0.6) is 0 Å². The maximum Gasteiger partial charge on any atom is 0.411 e. The van der Waals surface area contributed by atoms with E-state index in [1.807, 2.05) is 6.92 Å². The van der Waals surface area contributed by atoms with Gasteiger partial charge in [0, 0.05) is 6.54 Å². The quantitative estimate of drug-likeness (QED) is 0.425. The molecule has 0 heterocycles. The third-order valence-corrected chi connectivity index (χ3v) is 3.95. The fourth-order valence-electron chi connectivity index (χ4n) is 2.37. The molecule has 0 bridgehead atoms. The zero-order chi connectivity index (χ0) is 16.1. The van der Waals surface area contributed by atoms with E-state index in [2.05, 4.69) is 20.8 Å². The molecule has 0 aliphatic heterocycles. The number of rotatable bonds is 12. The fraction of sp³-hybridized carbons (Fsp3) is 0.941. The lowest BCUT2D eigenvalue weighted by atomic mass is 9.99. The lowest BCUT2D eigenvalue weighted by Crippen LogP contribution is -2.46. The summed E-state index contributed by atoms with van der Waals surface area (Å²) in [6.07, 6.45) is 8.54. The Labute approximate surface area is 131 Å². The van der Waals surface area contributed by atoms with Crippen LogP contribution in [0.25, 0.3) is 0 Å². The molecule has 1 amide bonds. The van der Waals surface area contributed by atoms with Gasteiger partial charge in [0.2, 0.25) is 0 Å². The number of carbonyl (C=O) groups is 1.